The number of carbonyl (C=O) groups excluding carboxylic acids is 1. The van der Waals surface area contributed by atoms with Crippen LogP contribution in [-0.4, -0.2) is 66.2 Å². The van der Waals surface area contributed by atoms with Gasteiger partial charge in [-0.2, -0.15) is 0 Å². The molecule has 1 aromatic heterocycles. The van der Waals surface area contributed by atoms with Crippen LogP contribution in [0.1, 0.15) is 36.3 Å². The van der Waals surface area contributed by atoms with E-state index in [1.807, 2.05) is 5.51 Å². The lowest BCUT2D eigenvalue weighted by Crippen LogP contribution is -2.54. The second-order valence-electron chi connectivity index (χ2n) is 7.20. The highest BCUT2D eigenvalue weighted by Crippen LogP contribution is 2.35. The first-order valence-electron chi connectivity index (χ1n) is 8.70. The van der Waals surface area contributed by atoms with Gasteiger partial charge in [0, 0.05) is 51.3 Å². The van der Waals surface area contributed by atoms with E-state index in [0.29, 0.717) is 0 Å². The third kappa shape index (κ3) is 4.07. The number of thiazole rings is 1. The molecular weight excluding hydrogens is 324 g/mol. The molecule has 2 fully saturated rings. The van der Waals surface area contributed by atoms with Gasteiger partial charge in [0.15, 0.2) is 0 Å². The molecule has 0 bridgehead atoms. The summed E-state index contributed by atoms with van der Waals surface area (Å²) in [5, 5.41) is 3.13. The van der Waals surface area contributed by atoms with Gasteiger partial charge in [0.05, 0.1) is 16.8 Å². The molecule has 1 aromatic rings. The Morgan fingerprint density at radius 3 is 2.88 bits per heavy atom. The Balaban J connectivity index is 1.52. The molecule has 0 aliphatic carbocycles. The maximum atomic E-state index is 11.9. The summed E-state index contributed by atoms with van der Waals surface area (Å²) in [6.07, 6.45) is 3.92. The highest BCUT2D eigenvalue weighted by molar-refractivity contribution is 7.09. The van der Waals surface area contributed by atoms with Crippen molar-refractivity contribution in [2.75, 3.05) is 33.8 Å². The minimum atomic E-state index is -0.0538. The minimum Gasteiger partial charge on any atom is -0.375 e. The van der Waals surface area contributed by atoms with E-state index in [2.05, 4.69) is 22.1 Å². The third-order valence-corrected chi connectivity index (χ3v) is 6.13. The molecule has 2 aliphatic heterocycles. The van der Waals surface area contributed by atoms with Crippen LogP contribution in [0.2, 0.25) is 0 Å². The van der Waals surface area contributed by atoms with E-state index in [0.717, 1.165) is 57.6 Å². The van der Waals surface area contributed by atoms with E-state index in [1.165, 1.54) is 4.88 Å². The lowest BCUT2D eigenvalue weighted by molar-refractivity contribution is -0.119. The number of hydrogen-bond donors (Lipinski definition) is 1. The van der Waals surface area contributed by atoms with E-state index in [-0.39, 0.29) is 17.7 Å². The van der Waals surface area contributed by atoms with Crippen LogP contribution < -0.4 is 5.32 Å². The first-order valence-corrected chi connectivity index (χ1v) is 9.58. The van der Waals surface area contributed by atoms with Crippen LogP contribution in [0.3, 0.4) is 0 Å². The second kappa shape index (κ2) is 7.37. The van der Waals surface area contributed by atoms with Gasteiger partial charge in [0.1, 0.15) is 0 Å². The van der Waals surface area contributed by atoms with Crippen LogP contribution in [0.25, 0.3) is 0 Å². The predicted molar refractivity (Wildman–Crippen MR) is 95.3 cm³/mol. The first kappa shape index (κ1) is 17.6. The minimum absolute atomic E-state index is 0.00448. The number of aromatic nitrogens is 1. The topological polar surface area (TPSA) is 57.7 Å². The monoisotopic (exact) mass is 352 g/mol. The number of aryl methyl sites for hydroxylation is 1. The van der Waals surface area contributed by atoms with Gasteiger partial charge in [-0.05, 0) is 32.6 Å². The molecule has 3 rings (SSSR count). The molecule has 7 heteroatoms. The molecule has 1 atom stereocenters. The second-order valence-corrected chi connectivity index (χ2v) is 8.14. The Hall–Kier alpha value is -1.18. The number of likely N-dealkylation sites (tertiary alicyclic amines) is 1. The predicted octanol–water partition coefficient (Wildman–Crippen LogP) is 2.24. The Morgan fingerprint density at radius 1 is 1.50 bits per heavy atom. The highest BCUT2D eigenvalue weighted by atomic mass is 32.1. The lowest BCUT2D eigenvalue weighted by atomic mass is 9.82. The average Bonchev–Trinajstić information content (AvgIpc) is 2.95. The van der Waals surface area contributed by atoms with Crippen molar-refractivity contribution in [2.45, 2.75) is 50.8 Å². The molecule has 1 N–H and O–H groups in total. The Kier molecular flexibility index (Phi) is 5.42. The molecule has 0 unspecified atom stereocenters. The fourth-order valence-corrected chi connectivity index (χ4v) is 4.42. The van der Waals surface area contributed by atoms with Crippen molar-refractivity contribution in [3.8, 4) is 0 Å². The van der Waals surface area contributed by atoms with Crippen molar-refractivity contribution in [1.82, 2.24) is 20.1 Å². The van der Waals surface area contributed by atoms with E-state index in [4.69, 9.17) is 4.74 Å². The van der Waals surface area contributed by atoms with Crippen LogP contribution >= 0.6 is 11.3 Å². The molecular formula is C17H28N4O2S. The van der Waals surface area contributed by atoms with Crippen molar-refractivity contribution in [3.63, 3.8) is 0 Å². The van der Waals surface area contributed by atoms with Crippen molar-refractivity contribution in [2.24, 2.45) is 0 Å². The Bertz CT molecular complexity index is 567. The number of rotatable bonds is 3. The summed E-state index contributed by atoms with van der Waals surface area (Å²) in [5.74, 6) is 0. The van der Waals surface area contributed by atoms with Crippen LogP contribution in [0.4, 0.5) is 4.79 Å². The maximum Gasteiger partial charge on any atom is 0.317 e. The molecule has 0 aromatic carbocycles. The molecule has 2 saturated heterocycles. The van der Waals surface area contributed by atoms with E-state index in [9.17, 15) is 4.79 Å². The Labute approximate surface area is 148 Å². The number of ether oxygens (including phenoxy) is 1. The summed E-state index contributed by atoms with van der Waals surface area (Å²) in [5.41, 5.74) is 3.03. The average molecular weight is 353 g/mol. The van der Waals surface area contributed by atoms with Gasteiger partial charge in [-0.25, -0.2) is 9.78 Å². The van der Waals surface area contributed by atoms with Gasteiger partial charge < -0.3 is 15.0 Å². The quantitative estimate of drug-likeness (QED) is 0.906. The first-order chi connectivity index (χ1) is 11.5. The zero-order chi connectivity index (χ0) is 17.2. The van der Waals surface area contributed by atoms with Gasteiger partial charge >= 0.3 is 6.03 Å². The fraction of sp³-hybridized carbons (Fsp3) is 0.765. The number of piperidine rings is 1. The lowest BCUT2D eigenvalue weighted by Gasteiger charge is -2.46. The van der Waals surface area contributed by atoms with Gasteiger partial charge in [-0.15, -0.1) is 11.3 Å². The number of carbonyl (C=O) groups is 1. The molecule has 24 heavy (non-hydrogen) atoms. The summed E-state index contributed by atoms with van der Waals surface area (Å²) in [7, 11) is 3.56. The normalized spacial score (nSPS) is 24.0. The number of hydrogen-bond acceptors (Lipinski definition) is 5. The van der Waals surface area contributed by atoms with Crippen LogP contribution in [0.5, 0.6) is 0 Å². The number of nitrogens with one attached hydrogen (secondary N) is 1. The molecule has 134 valence electrons. The molecule has 2 amide bonds. The van der Waals surface area contributed by atoms with Crippen molar-refractivity contribution >= 4 is 17.4 Å². The largest absolute Gasteiger partial charge is 0.375 e. The van der Waals surface area contributed by atoms with Gasteiger partial charge in [-0.1, -0.05) is 0 Å². The van der Waals surface area contributed by atoms with E-state index < -0.39 is 0 Å². The molecule has 0 saturated carbocycles. The van der Waals surface area contributed by atoms with Gasteiger partial charge in [0.2, 0.25) is 0 Å². The summed E-state index contributed by atoms with van der Waals surface area (Å²) >= 11 is 1.74. The van der Waals surface area contributed by atoms with Crippen molar-refractivity contribution < 1.29 is 9.53 Å². The number of amides is 2. The zero-order valence-corrected chi connectivity index (χ0v) is 15.7. The van der Waals surface area contributed by atoms with Crippen molar-refractivity contribution in [3.05, 3.63) is 16.1 Å². The smallest absolute Gasteiger partial charge is 0.317 e. The summed E-state index contributed by atoms with van der Waals surface area (Å²) < 4.78 is 6.18. The van der Waals surface area contributed by atoms with Crippen LogP contribution in [0.15, 0.2) is 5.51 Å². The van der Waals surface area contributed by atoms with Gasteiger partial charge in [-0.3, -0.25) is 4.90 Å². The number of nitrogens with zero attached hydrogens (tertiary/aromatic N) is 3. The van der Waals surface area contributed by atoms with Crippen molar-refractivity contribution in [1.29, 1.82) is 0 Å². The van der Waals surface area contributed by atoms with E-state index >= 15 is 0 Å². The van der Waals surface area contributed by atoms with Crippen LogP contribution in [0, 0.1) is 6.92 Å². The zero-order valence-electron chi connectivity index (χ0n) is 14.9. The van der Waals surface area contributed by atoms with Gasteiger partial charge in [0.25, 0.3) is 0 Å². The fourth-order valence-electron chi connectivity index (χ4n) is 3.60. The van der Waals surface area contributed by atoms with E-state index in [1.54, 1.807) is 30.3 Å². The summed E-state index contributed by atoms with van der Waals surface area (Å²) in [6, 6.07) is 0.221. The molecule has 6 nitrogen and oxygen atoms in total. The molecule has 1 spiro atoms. The summed E-state index contributed by atoms with van der Waals surface area (Å²) in [4.78, 5) is 21.7. The Morgan fingerprint density at radius 2 is 2.25 bits per heavy atom. The maximum absolute atomic E-state index is 11.9. The third-order valence-electron chi connectivity index (χ3n) is 5.21. The SMILES string of the molecule is Cc1ncsc1CN1CCC2(CC1)C[C@H](NC(=O)N(C)C)CCO2. The number of urea groups is 1. The standard InChI is InChI=1S/C17H28N4O2S/c1-13-15(24-12-18-13)11-21-7-5-17(6-8-21)10-14(4-9-23-17)19-16(22)20(2)3/h12,14H,4-11H2,1-3H3,(H,19,22)/t14-/m1/s1. The van der Waals surface area contributed by atoms with Crippen LogP contribution in [-0.2, 0) is 11.3 Å². The summed E-state index contributed by atoms with van der Waals surface area (Å²) in [6.45, 7) is 5.91. The highest BCUT2D eigenvalue weighted by Gasteiger charge is 2.40. The molecule has 0 radical (unpaired) electrons. The molecule has 3 heterocycles. The molecule has 2 aliphatic rings.